The van der Waals surface area contributed by atoms with E-state index in [9.17, 15) is 0 Å². The van der Waals surface area contributed by atoms with Crippen LogP contribution in [-0.2, 0) is 5.75 Å². The van der Waals surface area contributed by atoms with Gasteiger partial charge in [-0.2, -0.15) is 11.8 Å². The summed E-state index contributed by atoms with van der Waals surface area (Å²) in [6, 6.07) is 16.5. The van der Waals surface area contributed by atoms with Gasteiger partial charge in [0.1, 0.15) is 0 Å². The van der Waals surface area contributed by atoms with Crippen molar-refractivity contribution in [3.05, 3.63) is 64.7 Å². The fraction of sp³-hybridized carbons (Fsp3) is 0.250. The molecule has 3 heteroatoms. The Morgan fingerprint density at radius 1 is 1.11 bits per heavy atom. The number of aryl methyl sites for hydroxylation is 1. The average molecular weight is 292 g/mol. The van der Waals surface area contributed by atoms with E-state index in [1.807, 2.05) is 36.0 Å². The Kier molecular flexibility index (Phi) is 5.62. The van der Waals surface area contributed by atoms with E-state index in [0.717, 1.165) is 28.8 Å². The van der Waals surface area contributed by atoms with E-state index in [4.69, 9.17) is 11.6 Å². The second-order valence-electron chi connectivity index (χ2n) is 4.48. The average Bonchev–Trinajstić information content (AvgIpc) is 2.41. The SMILES string of the molecule is Cc1cccc(CSCCNc2ccc(Cl)cc2)c1. The molecule has 0 aliphatic rings. The van der Waals surface area contributed by atoms with Crippen molar-refractivity contribution in [2.75, 3.05) is 17.6 Å². The molecule has 2 rings (SSSR count). The van der Waals surface area contributed by atoms with E-state index in [2.05, 4.69) is 36.5 Å². The van der Waals surface area contributed by atoms with Crippen LogP contribution in [-0.4, -0.2) is 12.3 Å². The molecule has 0 amide bonds. The first-order chi connectivity index (χ1) is 9.24. The highest BCUT2D eigenvalue weighted by molar-refractivity contribution is 7.98. The van der Waals surface area contributed by atoms with Crippen LogP contribution < -0.4 is 5.32 Å². The lowest BCUT2D eigenvalue weighted by atomic mass is 10.2. The van der Waals surface area contributed by atoms with Gasteiger partial charge in [-0.3, -0.25) is 0 Å². The molecule has 1 nitrogen and oxygen atoms in total. The number of halogens is 1. The molecular formula is C16H18ClNS. The molecule has 0 saturated carbocycles. The third kappa shape index (κ3) is 5.17. The fourth-order valence-corrected chi connectivity index (χ4v) is 2.76. The summed E-state index contributed by atoms with van der Waals surface area (Å²) in [6.07, 6.45) is 0. The predicted molar refractivity (Wildman–Crippen MR) is 87.3 cm³/mol. The van der Waals surface area contributed by atoms with Crippen LogP contribution in [0.1, 0.15) is 11.1 Å². The maximum absolute atomic E-state index is 5.84. The molecule has 0 aromatic heterocycles. The number of benzene rings is 2. The summed E-state index contributed by atoms with van der Waals surface area (Å²) in [7, 11) is 0. The van der Waals surface area contributed by atoms with Gasteiger partial charge >= 0.3 is 0 Å². The third-order valence-corrected chi connectivity index (χ3v) is 4.05. The van der Waals surface area contributed by atoms with Crippen molar-refractivity contribution in [3.63, 3.8) is 0 Å². The molecule has 0 atom stereocenters. The highest BCUT2D eigenvalue weighted by atomic mass is 35.5. The van der Waals surface area contributed by atoms with E-state index in [1.165, 1.54) is 11.1 Å². The molecule has 0 aliphatic heterocycles. The van der Waals surface area contributed by atoms with Gasteiger partial charge < -0.3 is 5.32 Å². The molecule has 2 aromatic carbocycles. The highest BCUT2D eigenvalue weighted by Crippen LogP contribution is 2.15. The van der Waals surface area contributed by atoms with Crippen molar-refractivity contribution in [2.45, 2.75) is 12.7 Å². The lowest BCUT2D eigenvalue weighted by Crippen LogP contribution is -2.03. The van der Waals surface area contributed by atoms with Gasteiger partial charge in [0.25, 0.3) is 0 Å². The summed E-state index contributed by atoms with van der Waals surface area (Å²) in [5, 5.41) is 4.17. The number of nitrogens with one attached hydrogen (secondary N) is 1. The molecule has 0 heterocycles. The second-order valence-corrected chi connectivity index (χ2v) is 6.02. The van der Waals surface area contributed by atoms with Crippen LogP contribution in [0, 0.1) is 6.92 Å². The fourth-order valence-electron chi connectivity index (χ4n) is 1.83. The van der Waals surface area contributed by atoms with Crippen molar-refractivity contribution >= 4 is 29.1 Å². The number of hydrogen-bond acceptors (Lipinski definition) is 2. The molecule has 100 valence electrons. The van der Waals surface area contributed by atoms with Crippen LogP contribution in [0.5, 0.6) is 0 Å². The minimum atomic E-state index is 0.777. The summed E-state index contributed by atoms with van der Waals surface area (Å²) >= 11 is 7.79. The van der Waals surface area contributed by atoms with Crippen LogP contribution >= 0.6 is 23.4 Å². The first-order valence-corrected chi connectivity index (χ1v) is 7.90. The lowest BCUT2D eigenvalue weighted by molar-refractivity contribution is 1.22. The molecule has 0 fully saturated rings. The summed E-state index contributed by atoms with van der Waals surface area (Å²) in [5.74, 6) is 2.17. The zero-order valence-corrected chi connectivity index (χ0v) is 12.6. The van der Waals surface area contributed by atoms with Gasteiger partial charge in [0.05, 0.1) is 0 Å². The van der Waals surface area contributed by atoms with Crippen LogP contribution in [0.2, 0.25) is 5.02 Å². The summed E-state index contributed by atoms with van der Waals surface area (Å²) in [4.78, 5) is 0. The van der Waals surface area contributed by atoms with Crippen molar-refractivity contribution in [3.8, 4) is 0 Å². The Hall–Kier alpha value is -1.12. The maximum atomic E-state index is 5.84. The Morgan fingerprint density at radius 3 is 2.63 bits per heavy atom. The molecule has 1 N–H and O–H groups in total. The van der Waals surface area contributed by atoms with E-state index in [-0.39, 0.29) is 0 Å². The number of thioether (sulfide) groups is 1. The van der Waals surface area contributed by atoms with Gasteiger partial charge in [-0.05, 0) is 36.8 Å². The Morgan fingerprint density at radius 2 is 1.89 bits per heavy atom. The van der Waals surface area contributed by atoms with Crippen molar-refractivity contribution < 1.29 is 0 Å². The topological polar surface area (TPSA) is 12.0 Å². The number of rotatable bonds is 6. The largest absolute Gasteiger partial charge is 0.384 e. The van der Waals surface area contributed by atoms with Crippen molar-refractivity contribution in [1.29, 1.82) is 0 Å². The van der Waals surface area contributed by atoms with Crippen molar-refractivity contribution in [1.82, 2.24) is 0 Å². The standard InChI is InChI=1S/C16H18ClNS/c1-13-3-2-4-14(11-13)12-19-10-9-18-16-7-5-15(17)6-8-16/h2-8,11,18H,9-10,12H2,1H3. The Labute approximate surface area is 124 Å². The Bertz CT molecular complexity index is 510. The molecule has 0 spiro atoms. The lowest BCUT2D eigenvalue weighted by Gasteiger charge is -2.06. The smallest absolute Gasteiger partial charge is 0.0407 e. The molecule has 19 heavy (non-hydrogen) atoms. The van der Waals surface area contributed by atoms with E-state index >= 15 is 0 Å². The van der Waals surface area contributed by atoms with Gasteiger partial charge in [-0.25, -0.2) is 0 Å². The van der Waals surface area contributed by atoms with Crippen molar-refractivity contribution in [2.24, 2.45) is 0 Å². The number of hydrogen-bond donors (Lipinski definition) is 1. The minimum Gasteiger partial charge on any atom is -0.384 e. The van der Waals surface area contributed by atoms with Gasteiger partial charge in [-0.15, -0.1) is 0 Å². The van der Waals surface area contributed by atoms with Crippen LogP contribution in [0.3, 0.4) is 0 Å². The summed E-state index contributed by atoms with van der Waals surface area (Å²) in [5.41, 5.74) is 3.86. The number of anilines is 1. The minimum absolute atomic E-state index is 0.777. The maximum Gasteiger partial charge on any atom is 0.0407 e. The monoisotopic (exact) mass is 291 g/mol. The molecular weight excluding hydrogens is 274 g/mol. The first-order valence-electron chi connectivity index (χ1n) is 6.37. The van der Waals surface area contributed by atoms with Gasteiger partial charge in [-0.1, -0.05) is 41.4 Å². The van der Waals surface area contributed by atoms with E-state index in [1.54, 1.807) is 0 Å². The molecule has 0 unspecified atom stereocenters. The van der Waals surface area contributed by atoms with Crippen LogP contribution in [0.25, 0.3) is 0 Å². The van der Waals surface area contributed by atoms with Crippen LogP contribution in [0.15, 0.2) is 48.5 Å². The van der Waals surface area contributed by atoms with Gasteiger partial charge in [0.15, 0.2) is 0 Å². The second kappa shape index (κ2) is 7.46. The predicted octanol–water partition coefficient (Wildman–Crippen LogP) is 4.99. The molecule has 0 radical (unpaired) electrons. The summed E-state index contributed by atoms with van der Waals surface area (Å²) < 4.78 is 0. The zero-order chi connectivity index (χ0) is 13.5. The van der Waals surface area contributed by atoms with E-state index < -0.39 is 0 Å². The van der Waals surface area contributed by atoms with Gasteiger partial charge in [0, 0.05) is 28.8 Å². The zero-order valence-electron chi connectivity index (χ0n) is 11.0. The van der Waals surface area contributed by atoms with E-state index in [0.29, 0.717) is 0 Å². The normalized spacial score (nSPS) is 10.4. The highest BCUT2D eigenvalue weighted by Gasteiger charge is 1.95. The third-order valence-electron chi connectivity index (χ3n) is 2.77. The Balaban J connectivity index is 1.66. The molecule has 0 saturated heterocycles. The summed E-state index contributed by atoms with van der Waals surface area (Å²) in [6.45, 7) is 3.11. The quantitative estimate of drug-likeness (QED) is 0.752. The molecule has 0 bridgehead atoms. The molecule has 2 aromatic rings. The van der Waals surface area contributed by atoms with Gasteiger partial charge in [0.2, 0.25) is 0 Å². The molecule has 0 aliphatic carbocycles. The first kappa shape index (κ1) is 14.3. The van der Waals surface area contributed by atoms with Crippen LogP contribution in [0.4, 0.5) is 5.69 Å².